The summed E-state index contributed by atoms with van der Waals surface area (Å²) in [7, 11) is 0. The second-order valence-corrected chi connectivity index (χ2v) is 14.8. The van der Waals surface area contributed by atoms with Crippen LogP contribution >= 0.6 is 0 Å². The predicted octanol–water partition coefficient (Wildman–Crippen LogP) is 11.9. The maximum Gasteiger partial charge on any atom is 0.137 e. The monoisotopic (exact) mass is 646 g/mol. The van der Waals surface area contributed by atoms with E-state index in [4.69, 9.17) is 14.8 Å². The molecule has 0 aliphatic carbocycles. The lowest BCUT2D eigenvalue weighted by molar-refractivity contribution is 0.409. The largest absolute Gasteiger partial charge is 0.457 e. The molecule has 5 heteroatoms. The van der Waals surface area contributed by atoms with Gasteiger partial charge in [0.05, 0.1) is 22.4 Å². The lowest BCUT2D eigenvalue weighted by atomic mass is 9.88. The van der Waals surface area contributed by atoms with Crippen molar-refractivity contribution in [1.82, 2.24) is 19.3 Å². The van der Waals surface area contributed by atoms with Crippen molar-refractivity contribution in [2.45, 2.75) is 74.1 Å². The summed E-state index contributed by atoms with van der Waals surface area (Å²) in [6.07, 6.45) is 3.90. The number of aromatic nitrogens is 4. The Bertz CT molecular complexity index is 2300. The number of nitrogens with zero attached hydrogens (tertiary/aromatic N) is 4. The fourth-order valence-electron chi connectivity index (χ4n) is 7.11. The van der Waals surface area contributed by atoms with Gasteiger partial charge in [0.15, 0.2) is 0 Å². The van der Waals surface area contributed by atoms with E-state index in [0.717, 1.165) is 58.3 Å². The molecule has 0 fully saturated rings. The number of fused-ring (bicyclic) bond motifs is 3. The molecule has 7 rings (SSSR count). The Labute approximate surface area is 290 Å². The maximum atomic E-state index is 6.78. The third kappa shape index (κ3) is 6.38. The van der Waals surface area contributed by atoms with Crippen molar-refractivity contribution in [3.05, 3.63) is 131 Å². The SMILES string of the molecule is CCC(C)c1ccc2c(c1)c1ccc(Oc3cc(CC(C)(C)C)cc(-n4nc(C)c(-c5ccccc5)c4C)c3)cc1n2-c1cc(C)ccn1. The first-order valence-electron chi connectivity index (χ1n) is 17.4. The number of hydrogen-bond acceptors (Lipinski definition) is 3. The molecule has 0 saturated carbocycles. The van der Waals surface area contributed by atoms with Crippen molar-refractivity contribution >= 4 is 21.8 Å². The maximum absolute atomic E-state index is 6.78. The van der Waals surface area contributed by atoms with Crippen molar-refractivity contribution < 1.29 is 4.74 Å². The average molecular weight is 647 g/mol. The zero-order valence-corrected chi connectivity index (χ0v) is 30.0. The number of aryl methyl sites for hydroxylation is 2. The molecule has 1 unspecified atom stereocenters. The van der Waals surface area contributed by atoms with Gasteiger partial charge in [-0.25, -0.2) is 9.67 Å². The van der Waals surface area contributed by atoms with Gasteiger partial charge in [0.25, 0.3) is 0 Å². The van der Waals surface area contributed by atoms with E-state index >= 15 is 0 Å². The fourth-order valence-corrected chi connectivity index (χ4v) is 7.11. The zero-order valence-electron chi connectivity index (χ0n) is 30.0. The molecule has 248 valence electrons. The van der Waals surface area contributed by atoms with Crippen molar-refractivity contribution in [2.24, 2.45) is 5.41 Å². The van der Waals surface area contributed by atoms with Crippen LogP contribution in [0.2, 0.25) is 0 Å². The Morgan fingerprint density at radius 3 is 2.31 bits per heavy atom. The molecule has 0 spiro atoms. The van der Waals surface area contributed by atoms with Crippen molar-refractivity contribution in [3.63, 3.8) is 0 Å². The molecule has 49 heavy (non-hydrogen) atoms. The molecule has 0 aliphatic rings. The highest BCUT2D eigenvalue weighted by atomic mass is 16.5. The highest BCUT2D eigenvalue weighted by Crippen LogP contribution is 2.38. The van der Waals surface area contributed by atoms with Gasteiger partial charge in [-0.3, -0.25) is 4.57 Å². The van der Waals surface area contributed by atoms with Crippen molar-refractivity contribution in [2.75, 3.05) is 0 Å². The summed E-state index contributed by atoms with van der Waals surface area (Å²) >= 11 is 0. The van der Waals surface area contributed by atoms with Gasteiger partial charge in [0.2, 0.25) is 0 Å². The molecule has 5 nitrogen and oxygen atoms in total. The minimum absolute atomic E-state index is 0.106. The van der Waals surface area contributed by atoms with Crippen LogP contribution in [-0.2, 0) is 6.42 Å². The number of benzene rings is 4. The number of rotatable bonds is 8. The van der Waals surface area contributed by atoms with Crippen LogP contribution in [0.4, 0.5) is 0 Å². The Hall–Kier alpha value is -5.16. The van der Waals surface area contributed by atoms with Crippen molar-refractivity contribution in [3.8, 4) is 34.1 Å². The molecule has 0 aliphatic heterocycles. The molecule has 0 bridgehead atoms. The van der Waals surface area contributed by atoms with Gasteiger partial charge in [-0.15, -0.1) is 0 Å². The van der Waals surface area contributed by atoms with E-state index in [-0.39, 0.29) is 5.41 Å². The molecule has 0 amide bonds. The zero-order chi connectivity index (χ0) is 34.4. The average Bonchev–Trinajstić information content (AvgIpc) is 3.55. The van der Waals surface area contributed by atoms with Gasteiger partial charge in [0.1, 0.15) is 17.3 Å². The first kappa shape index (κ1) is 32.4. The van der Waals surface area contributed by atoms with Crippen LogP contribution in [0.25, 0.3) is 44.4 Å². The van der Waals surface area contributed by atoms with Crippen LogP contribution in [0.3, 0.4) is 0 Å². The van der Waals surface area contributed by atoms with E-state index in [2.05, 4.69) is 156 Å². The number of hydrogen-bond donors (Lipinski definition) is 0. The predicted molar refractivity (Wildman–Crippen MR) is 204 cm³/mol. The lowest BCUT2D eigenvalue weighted by Crippen LogP contribution is -2.10. The van der Waals surface area contributed by atoms with Crippen molar-refractivity contribution in [1.29, 1.82) is 0 Å². The van der Waals surface area contributed by atoms with E-state index in [1.54, 1.807) is 0 Å². The third-order valence-electron chi connectivity index (χ3n) is 9.59. The van der Waals surface area contributed by atoms with Crippen LogP contribution in [-0.4, -0.2) is 19.3 Å². The van der Waals surface area contributed by atoms with E-state index in [0.29, 0.717) is 5.92 Å². The summed E-state index contributed by atoms with van der Waals surface area (Å²) in [4.78, 5) is 4.81. The molecule has 0 saturated heterocycles. The number of pyridine rings is 1. The second kappa shape index (κ2) is 12.7. The van der Waals surface area contributed by atoms with Crippen LogP contribution in [0.5, 0.6) is 11.5 Å². The summed E-state index contributed by atoms with van der Waals surface area (Å²) in [5.74, 6) is 2.97. The van der Waals surface area contributed by atoms with E-state index in [9.17, 15) is 0 Å². The van der Waals surface area contributed by atoms with E-state index < -0.39 is 0 Å². The van der Waals surface area contributed by atoms with Gasteiger partial charge in [-0.2, -0.15) is 5.10 Å². The quantitative estimate of drug-likeness (QED) is 0.165. The Morgan fingerprint density at radius 2 is 1.57 bits per heavy atom. The summed E-state index contributed by atoms with van der Waals surface area (Å²) in [5, 5.41) is 7.46. The Morgan fingerprint density at radius 1 is 0.776 bits per heavy atom. The van der Waals surface area contributed by atoms with Crippen LogP contribution in [0.1, 0.15) is 75.0 Å². The first-order chi connectivity index (χ1) is 23.5. The van der Waals surface area contributed by atoms with E-state index in [1.807, 2.05) is 12.3 Å². The van der Waals surface area contributed by atoms with Crippen LogP contribution in [0, 0.1) is 26.2 Å². The molecule has 0 N–H and O–H groups in total. The minimum Gasteiger partial charge on any atom is -0.457 e. The van der Waals surface area contributed by atoms with Gasteiger partial charge in [0, 0.05) is 40.4 Å². The standard InChI is InChI=1S/C44H46N4O/c1-9-29(3)34-15-18-40-39(24-34)38-17-16-36(26-41(38)47(40)42-21-28(2)19-20-45-42)49-37-23-32(27-44(6,7)8)22-35(25-37)48-31(5)43(30(4)46-48)33-13-11-10-12-14-33/h10-26,29H,9,27H2,1-8H3. The van der Waals surface area contributed by atoms with E-state index in [1.165, 1.54) is 38.6 Å². The van der Waals surface area contributed by atoms with Crippen LogP contribution < -0.4 is 4.74 Å². The first-order valence-corrected chi connectivity index (χ1v) is 17.4. The second-order valence-electron chi connectivity index (χ2n) is 14.8. The molecular formula is C44H46N4O. The molecular weight excluding hydrogens is 601 g/mol. The summed E-state index contributed by atoms with van der Waals surface area (Å²) in [6, 6.07) is 34.6. The normalized spacial score (nSPS) is 12.6. The molecule has 4 aromatic carbocycles. The van der Waals surface area contributed by atoms with Gasteiger partial charge in [-0.05, 0) is 116 Å². The highest BCUT2D eigenvalue weighted by molar-refractivity contribution is 6.09. The third-order valence-corrected chi connectivity index (χ3v) is 9.59. The Balaban J connectivity index is 1.36. The molecule has 0 radical (unpaired) electrons. The molecule has 7 aromatic rings. The molecule has 3 heterocycles. The Kier molecular flexibility index (Phi) is 8.40. The highest BCUT2D eigenvalue weighted by Gasteiger charge is 2.20. The minimum atomic E-state index is 0.106. The van der Waals surface area contributed by atoms with Crippen LogP contribution in [0.15, 0.2) is 103 Å². The summed E-state index contributed by atoms with van der Waals surface area (Å²) < 4.78 is 11.1. The van der Waals surface area contributed by atoms with Gasteiger partial charge in [-0.1, -0.05) is 71.0 Å². The summed E-state index contributed by atoms with van der Waals surface area (Å²) in [6.45, 7) is 17.7. The lowest BCUT2D eigenvalue weighted by Gasteiger charge is -2.20. The number of ether oxygens (including phenoxy) is 1. The van der Waals surface area contributed by atoms with Gasteiger partial charge >= 0.3 is 0 Å². The fraction of sp³-hybridized carbons (Fsp3) is 0.273. The molecule has 3 aromatic heterocycles. The smallest absolute Gasteiger partial charge is 0.137 e. The summed E-state index contributed by atoms with van der Waals surface area (Å²) in [5.41, 5.74) is 11.5. The van der Waals surface area contributed by atoms with Gasteiger partial charge < -0.3 is 4.74 Å². The topological polar surface area (TPSA) is 44.9 Å². The molecule has 1 atom stereocenters.